The maximum absolute atomic E-state index is 12.0. The molecule has 1 aromatic rings. The number of anilines is 1. The standard InChI is InChI=1S/C13H22N4O2/c1-10-9-11(15-19-10)14-12(18)16-5-7-17(8-6-16)13(2,3)4/h9H,5-8H2,1-4H3,(H,14,15,18). The maximum Gasteiger partial charge on any atom is 0.323 e. The monoisotopic (exact) mass is 266 g/mol. The second-order valence-corrected chi connectivity index (χ2v) is 5.90. The highest BCUT2D eigenvalue weighted by Crippen LogP contribution is 2.16. The largest absolute Gasteiger partial charge is 0.360 e. The van der Waals surface area contributed by atoms with Gasteiger partial charge >= 0.3 is 6.03 Å². The third-order valence-corrected chi connectivity index (χ3v) is 3.38. The van der Waals surface area contributed by atoms with E-state index in [-0.39, 0.29) is 11.6 Å². The molecule has 106 valence electrons. The van der Waals surface area contributed by atoms with Crippen LogP contribution in [0, 0.1) is 6.92 Å². The van der Waals surface area contributed by atoms with Crippen LogP contribution < -0.4 is 5.32 Å². The summed E-state index contributed by atoms with van der Waals surface area (Å²) in [6, 6.07) is 1.60. The predicted molar refractivity (Wildman–Crippen MR) is 73.2 cm³/mol. The number of amides is 2. The molecule has 0 aliphatic carbocycles. The molecule has 0 atom stereocenters. The lowest BCUT2D eigenvalue weighted by Gasteiger charge is -2.42. The second kappa shape index (κ2) is 5.21. The van der Waals surface area contributed by atoms with Crippen LogP contribution in [0.2, 0.25) is 0 Å². The molecule has 1 fully saturated rings. The van der Waals surface area contributed by atoms with Crippen LogP contribution in [-0.4, -0.2) is 52.7 Å². The van der Waals surface area contributed by atoms with Crippen LogP contribution >= 0.6 is 0 Å². The van der Waals surface area contributed by atoms with Crippen LogP contribution in [0.3, 0.4) is 0 Å². The van der Waals surface area contributed by atoms with E-state index in [0.29, 0.717) is 11.6 Å². The first kappa shape index (κ1) is 13.9. The van der Waals surface area contributed by atoms with Gasteiger partial charge in [0.2, 0.25) is 0 Å². The van der Waals surface area contributed by atoms with Crippen molar-refractivity contribution in [3.8, 4) is 0 Å². The number of rotatable bonds is 1. The molecule has 19 heavy (non-hydrogen) atoms. The van der Waals surface area contributed by atoms with Gasteiger partial charge in [0.1, 0.15) is 5.76 Å². The van der Waals surface area contributed by atoms with Gasteiger partial charge in [-0.25, -0.2) is 4.79 Å². The lowest BCUT2D eigenvalue weighted by molar-refractivity contribution is 0.0774. The number of carbonyl (C=O) groups excluding carboxylic acids is 1. The van der Waals surface area contributed by atoms with E-state index in [4.69, 9.17) is 4.52 Å². The van der Waals surface area contributed by atoms with Crippen LogP contribution in [-0.2, 0) is 0 Å². The minimum Gasteiger partial charge on any atom is -0.360 e. The molecule has 0 saturated carbocycles. The molecule has 0 radical (unpaired) electrons. The molecule has 2 heterocycles. The molecule has 1 aliphatic rings. The number of nitrogens with one attached hydrogen (secondary N) is 1. The zero-order valence-corrected chi connectivity index (χ0v) is 12.1. The summed E-state index contributed by atoms with van der Waals surface area (Å²) in [4.78, 5) is 16.2. The Labute approximate surface area is 113 Å². The summed E-state index contributed by atoms with van der Waals surface area (Å²) in [7, 11) is 0. The zero-order valence-electron chi connectivity index (χ0n) is 12.1. The third kappa shape index (κ3) is 3.47. The second-order valence-electron chi connectivity index (χ2n) is 5.90. The van der Waals surface area contributed by atoms with E-state index in [0.717, 1.165) is 26.2 Å². The van der Waals surface area contributed by atoms with Crippen molar-refractivity contribution in [1.29, 1.82) is 0 Å². The Kier molecular flexibility index (Phi) is 3.80. The molecular weight excluding hydrogens is 244 g/mol. The van der Waals surface area contributed by atoms with E-state index in [1.54, 1.807) is 13.0 Å². The number of carbonyl (C=O) groups is 1. The van der Waals surface area contributed by atoms with Crippen molar-refractivity contribution in [3.63, 3.8) is 0 Å². The van der Waals surface area contributed by atoms with Gasteiger partial charge in [0.25, 0.3) is 0 Å². The van der Waals surface area contributed by atoms with Gasteiger partial charge in [0.05, 0.1) is 0 Å². The van der Waals surface area contributed by atoms with Crippen molar-refractivity contribution in [2.24, 2.45) is 0 Å². The van der Waals surface area contributed by atoms with E-state index >= 15 is 0 Å². The van der Waals surface area contributed by atoms with E-state index in [1.807, 2.05) is 4.90 Å². The molecule has 1 N–H and O–H groups in total. The fourth-order valence-corrected chi connectivity index (χ4v) is 2.19. The lowest BCUT2D eigenvalue weighted by Crippen LogP contribution is -2.55. The summed E-state index contributed by atoms with van der Waals surface area (Å²) in [5.74, 6) is 1.16. The molecule has 1 aliphatic heterocycles. The third-order valence-electron chi connectivity index (χ3n) is 3.38. The van der Waals surface area contributed by atoms with Crippen molar-refractivity contribution in [3.05, 3.63) is 11.8 Å². The first-order chi connectivity index (χ1) is 8.86. The van der Waals surface area contributed by atoms with Crippen molar-refractivity contribution in [1.82, 2.24) is 15.0 Å². The quantitative estimate of drug-likeness (QED) is 0.843. The molecule has 2 rings (SSSR count). The fourth-order valence-electron chi connectivity index (χ4n) is 2.19. The molecule has 0 aromatic carbocycles. The summed E-state index contributed by atoms with van der Waals surface area (Å²) in [5, 5.41) is 6.51. The van der Waals surface area contributed by atoms with Gasteiger partial charge in [-0.05, 0) is 27.7 Å². The highest BCUT2D eigenvalue weighted by molar-refractivity contribution is 5.88. The van der Waals surface area contributed by atoms with E-state index in [9.17, 15) is 4.79 Å². The van der Waals surface area contributed by atoms with Crippen LogP contribution in [0.15, 0.2) is 10.6 Å². The highest BCUT2D eigenvalue weighted by atomic mass is 16.5. The summed E-state index contributed by atoms with van der Waals surface area (Å²) >= 11 is 0. The Hall–Kier alpha value is -1.56. The van der Waals surface area contributed by atoms with Gasteiger partial charge in [-0.3, -0.25) is 10.2 Å². The molecular formula is C13H22N4O2. The van der Waals surface area contributed by atoms with Crippen molar-refractivity contribution < 1.29 is 9.32 Å². The van der Waals surface area contributed by atoms with Gasteiger partial charge in [0.15, 0.2) is 5.82 Å². The van der Waals surface area contributed by atoms with Gasteiger partial charge in [-0.1, -0.05) is 5.16 Å². The molecule has 6 heteroatoms. The molecule has 0 spiro atoms. The molecule has 1 aromatic heterocycles. The van der Waals surface area contributed by atoms with E-state index in [2.05, 4.69) is 36.1 Å². The molecule has 6 nitrogen and oxygen atoms in total. The van der Waals surface area contributed by atoms with E-state index < -0.39 is 0 Å². The Morgan fingerprint density at radius 1 is 1.32 bits per heavy atom. The maximum atomic E-state index is 12.0. The number of nitrogens with zero attached hydrogens (tertiary/aromatic N) is 3. The fraction of sp³-hybridized carbons (Fsp3) is 0.692. The Bertz CT molecular complexity index is 442. The highest BCUT2D eigenvalue weighted by Gasteiger charge is 2.27. The smallest absolute Gasteiger partial charge is 0.323 e. The summed E-state index contributed by atoms with van der Waals surface area (Å²) in [6.45, 7) is 11.6. The van der Waals surface area contributed by atoms with Gasteiger partial charge in [0, 0.05) is 37.8 Å². The minimum absolute atomic E-state index is 0.109. The van der Waals surface area contributed by atoms with Crippen molar-refractivity contribution >= 4 is 11.8 Å². The van der Waals surface area contributed by atoms with Crippen LogP contribution in [0.4, 0.5) is 10.6 Å². The van der Waals surface area contributed by atoms with Gasteiger partial charge < -0.3 is 9.42 Å². The number of hydrogen-bond acceptors (Lipinski definition) is 4. The zero-order chi connectivity index (χ0) is 14.0. The Balaban J connectivity index is 1.86. The SMILES string of the molecule is Cc1cc(NC(=O)N2CCN(C(C)(C)C)CC2)no1. The van der Waals surface area contributed by atoms with Gasteiger partial charge in [-0.15, -0.1) is 0 Å². The van der Waals surface area contributed by atoms with Crippen molar-refractivity contribution in [2.45, 2.75) is 33.2 Å². The first-order valence-corrected chi connectivity index (χ1v) is 6.60. The molecule has 0 unspecified atom stereocenters. The molecule has 1 saturated heterocycles. The average molecular weight is 266 g/mol. The van der Waals surface area contributed by atoms with Gasteiger partial charge in [-0.2, -0.15) is 0 Å². The number of aryl methyl sites for hydroxylation is 1. The van der Waals surface area contributed by atoms with E-state index in [1.165, 1.54) is 0 Å². The predicted octanol–water partition coefficient (Wildman–Crippen LogP) is 1.93. The number of piperazine rings is 1. The summed E-state index contributed by atoms with van der Waals surface area (Å²) < 4.78 is 4.92. The summed E-state index contributed by atoms with van der Waals surface area (Å²) in [6.07, 6.45) is 0. The van der Waals surface area contributed by atoms with Crippen LogP contribution in [0.25, 0.3) is 0 Å². The minimum atomic E-state index is -0.109. The summed E-state index contributed by atoms with van der Waals surface area (Å²) in [5.41, 5.74) is 0.159. The molecule has 2 amide bonds. The normalized spacial score (nSPS) is 17.6. The lowest BCUT2D eigenvalue weighted by atomic mass is 10.1. The number of hydrogen-bond donors (Lipinski definition) is 1. The average Bonchev–Trinajstić information content (AvgIpc) is 2.74. The first-order valence-electron chi connectivity index (χ1n) is 6.60. The van der Waals surface area contributed by atoms with Crippen LogP contribution in [0.5, 0.6) is 0 Å². The number of aromatic nitrogens is 1. The molecule has 0 bridgehead atoms. The van der Waals surface area contributed by atoms with Crippen LogP contribution in [0.1, 0.15) is 26.5 Å². The Morgan fingerprint density at radius 3 is 2.42 bits per heavy atom. The Morgan fingerprint density at radius 2 is 1.95 bits per heavy atom. The topological polar surface area (TPSA) is 61.6 Å². The van der Waals surface area contributed by atoms with Crippen molar-refractivity contribution in [2.75, 3.05) is 31.5 Å². The number of urea groups is 1.